The van der Waals surface area contributed by atoms with E-state index >= 15 is 0 Å². The fourth-order valence-electron chi connectivity index (χ4n) is 1.06. The highest BCUT2D eigenvalue weighted by Crippen LogP contribution is 2.05. The summed E-state index contributed by atoms with van der Waals surface area (Å²) in [6.45, 7) is -0.220. The summed E-state index contributed by atoms with van der Waals surface area (Å²) in [5.74, 6) is -0.899. The summed E-state index contributed by atoms with van der Waals surface area (Å²) in [6, 6.07) is 0. The first kappa shape index (κ1) is 22.3. The van der Waals surface area contributed by atoms with Gasteiger partial charge in [0.25, 0.3) is 0 Å². The Morgan fingerprint density at radius 3 is 1.75 bits per heavy atom. The topological polar surface area (TPSA) is 97.8 Å². The van der Waals surface area contributed by atoms with Crippen molar-refractivity contribution in [2.24, 2.45) is 0 Å². The molecule has 0 saturated carbocycles. The maximum absolute atomic E-state index is 11.4. The molecule has 20 heavy (non-hydrogen) atoms. The molecule has 0 aliphatic rings. The van der Waals surface area contributed by atoms with Crippen molar-refractivity contribution in [1.29, 1.82) is 0 Å². The number of esters is 1. The average Bonchev–Trinajstić information content (AvgIpc) is 2.08. The molecular formula is C9H21IN2O6S2. The van der Waals surface area contributed by atoms with Gasteiger partial charge in [-0.3, -0.25) is 4.79 Å². The normalized spacial score (nSPS) is 12.9. The number of hydrogen-bond acceptors (Lipinski definition) is 6. The van der Waals surface area contributed by atoms with E-state index in [0.29, 0.717) is 23.5 Å². The molecule has 8 nitrogen and oxygen atoms in total. The average molecular weight is 444 g/mol. The van der Waals surface area contributed by atoms with E-state index in [1.54, 1.807) is 0 Å². The zero-order chi connectivity index (χ0) is 15.5. The maximum atomic E-state index is 11.4. The molecule has 0 aromatic carbocycles. The van der Waals surface area contributed by atoms with Crippen molar-refractivity contribution in [3.05, 3.63) is 0 Å². The van der Waals surface area contributed by atoms with Crippen LogP contribution in [0.25, 0.3) is 0 Å². The Hall–Kier alpha value is 0.0200. The zero-order valence-corrected chi connectivity index (χ0v) is 16.0. The molecule has 0 spiro atoms. The number of halogens is 1. The predicted molar refractivity (Wildman–Crippen MR) is 70.3 cm³/mol. The lowest BCUT2D eigenvalue weighted by Gasteiger charge is -2.23. The minimum absolute atomic E-state index is 0. The van der Waals surface area contributed by atoms with Crippen LogP contribution >= 0.6 is 0 Å². The van der Waals surface area contributed by atoms with E-state index in [9.17, 15) is 21.6 Å². The van der Waals surface area contributed by atoms with Crippen molar-refractivity contribution in [3.8, 4) is 0 Å². The van der Waals surface area contributed by atoms with Crippen LogP contribution in [0.2, 0.25) is 0 Å². The van der Waals surface area contributed by atoms with Gasteiger partial charge in [-0.15, -0.1) is 0 Å². The quantitative estimate of drug-likeness (QED) is 0.223. The van der Waals surface area contributed by atoms with Gasteiger partial charge in [0, 0.05) is 0 Å². The molecule has 0 rings (SSSR count). The summed E-state index contributed by atoms with van der Waals surface area (Å²) >= 11 is 0. The van der Waals surface area contributed by atoms with Gasteiger partial charge >= 0.3 is 5.97 Å². The van der Waals surface area contributed by atoms with Gasteiger partial charge in [0.1, 0.15) is 19.7 Å². The van der Waals surface area contributed by atoms with Crippen LogP contribution < -0.4 is 24.0 Å². The van der Waals surface area contributed by atoms with Crippen LogP contribution in [0, 0.1) is 0 Å². The van der Waals surface area contributed by atoms with Gasteiger partial charge in [-0.2, -0.15) is 0 Å². The Labute approximate surface area is 137 Å². The second-order valence-corrected chi connectivity index (χ2v) is 9.24. The van der Waals surface area contributed by atoms with Gasteiger partial charge in [-0.05, 0) is 0 Å². The molecule has 0 fully saturated rings. The highest BCUT2D eigenvalue weighted by Gasteiger charge is 2.30. The fraction of sp³-hybridized carbons (Fsp3) is 0.889. The predicted octanol–water partition coefficient (Wildman–Crippen LogP) is -4.54. The number of carbonyl (C=O) groups excluding carboxylic acids is 1. The van der Waals surface area contributed by atoms with Crippen LogP contribution in [0.5, 0.6) is 0 Å². The second kappa shape index (κ2) is 7.87. The van der Waals surface area contributed by atoms with E-state index in [-0.39, 0.29) is 34.3 Å². The SMILES string of the molecule is C[N+](C)(C)CCOC(=O)CN(S(C)(=O)=O)S(C)(=O)=O.[I-]. The molecule has 0 heterocycles. The number of ether oxygens (including phenoxy) is 1. The lowest BCUT2D eigenvalue weighted by atomic mass is 10.5. The molecule has 0 bridgehead atoms. The number of carbonyl (C=O) groups is 1. The van der Waals surface area contributed by atoms with E-state index in [1.807, 2.05) is 21.1 Å². The zero-order valence-electron chi connectivity index (χ0n) is 12.2. The largest absolute Gasteiger partial charge is 1.00 e. The monoisotopic (exact) mass is 444 g/mol. The standard InChI is InChI=1S/C9H21N2O6S2.HI/c1-11(2,3)6-7-17-9(12)8-10(18(4,13)14)19(5,15)16;/h6-8H2,1-5H3;1H/q+1;/p-1. The molecule has 0 radical (unpaired) electrons. The number of quaternary nitrogens is 1. The van der Waals surface area contributed by atoms with Crippen LogP contribution in [-0.2, 0) is 29.6 Å². The summed E-state index contributed by atoms with van der Waals surface area (Å²) in [6.07, 6.45) is 1.43. The van der Waals surface area contributed by atoms with E-state index < -0.39 is 32.6 Å². The van der Waals surface area contributed by atoms with Gasteiger partial charge in [0.05, 0.1) is 33.7 Å². The van der Waals surface area contributed by atoms with E-state index in [2.05, 4.69) is 0 Å². The Balaban J connectivity index is 0. The molecule has 0 aliphatic heterocycles. The maximum Gasteiger partial charge on any atom is 0.322 e. The molecular weight excluding hydrogens is 423 g/mol. The summed E-state index contributed by atoms with van der Waals surface area (Å²) < 4.78 is 50.6. The third-order valence-electron chi connectivity index (χ3n) is 2.02. The third kappa shape index (κ3) is 9.85. The van der Waals surface area contributed by atoms with Crippen LogP contribution in [0.1, 0.15) is 0 Å². The minimum atomic E-state index is -4.03. The van der Waals surface area contributed by atoms with E-state index in [4.69, 9.17) is 4.74 Å². The van der Waals surface area contributed by atoms with Crippen molar-refractivity contribution >= 4 is 26.0 Å². The van der Waals surface area contributed by atoms with Crippen LogP contribution in [0.15, 0.2) is 0 Å². The number of likely N-dealkylation sites (N-methyl/N-ethyl adjacent to an activating group) is 1. The van der Waals surface area contributed by atoms with Gasteiger partial charge in [-0.1, -0.05) is 3.71 Å². The van der Waals surface area contributed by atoms with Gasteiger partial charge in [0.2, 0.25) is 20.0 Å². The number of sulfonamides is 2. The molecule has 0 amide bonds. The lowest BCUT2D eigenvalue weighted by molar-refractivity contribution is -0.870. The summed E-state index contributed by atoms with van der Waals surface area (Å²) in [4.78, 5) is 11.4. The molecule has 0 aromatic heterocycles. The highest BCUT2D eigenvalue weighted by atomic mass is 127. The smallest absolute Gasteiger partial charge is 0.322 e. The second-order valence-electron chi connectivity index (χ2n) is 5.19. The van der Waals surface area contributed by atoms with Gasteiger partial charge < -0.3 is 33.2 Å². The summed E-state index contributed by atoms with van der Waals surface area (Å²) in [5, 5.41) is 0. The first-order valence-corrected chi connectivity index (χ1v) is 9.07. The van der Waals surface area contributed by atoms with E-state index in [0.717, 1.165) is 0 Å². The van der Waals surface area contributed by atoms with E-state index in [1.165, 1.54) is 0 Å². The Morgan fingerprint density at radius 2 is 1.45 bits per heavy atom. The fourth-order valence-corrected chi connectivity index (χ4v) is 3.71. The third-order valence-corrected chi connectivity index (χ3v) is 5.39. The Bertz CT molecular complexity index is 491. The summed E-state index contributed by atoms with van der Waals surface area (Å²) in [5.41, 5.74) is 0. The first-order chi connectivity index (χ1) is 8.23. The molecule has 11 heteroatoms. The first-order valence-electron chi connectivity index (χ1n) is 5.37. The number of nitrogens with zero attached hydrogens (tertiary/aromatic N) is 2. The summed E-state index contributed by atoms with van der Waals surface area (Å²) in [7, 11) is -2.37. The van der Waals surface area contributed by atoms with Gasteiger partial charge in [-0.25, -0.2) is 16.8 Å². The molecule has 0 N–H and O–H groups in total. The van der Waals surface area contributed by atoms with Gasteiger partial charge in [0.15, 0.2) is 0 Å². The van der Waals surface area contributed by atoms with Crippen molar-refractivity contribution in [2.45, 2.75) is 0 Å². The van der Waals surface area contributed by atoms with Crippen molar-refractivity contribution < 1.29 is 54.8 Å². The van der Waals surface area contributed by atoms with Crippen LogP contribution in [0.3, 0.4) is 0 Å². The number of hydrogen-bond donors (Lipinski definition) is 0. The molecule has 0 saturated heterocycles. The lowest BCUT2D eigenvalue weighted by Crippen LogP contribution is -3.00. The molecule has 0 aromatic rings. The Morgan fingerprint density at radius 1 is 1.05 bits per heavy atom. The Kier molecular flexibility index (Phi) is 8.77. The molecule has 0 aliphatic carbocycles. The molecule has 0 unspecified atom stereocenters. The van der Waals surface area contributed by atoms with Crippen LogP contribution in [0.4, 0.5) is 0 Å². The van der Waals surface area contributed by atoms with Crippen molar-refractivity contribution in [2.75, 3.05) is 53.4 Å². The highest BCUT2D eigenvalue weighted by molar-refractivity contribution is 8.03. The van der Waals surface area contributed by atoms with Crippen molar-refractivity contribution in [1.82, 2.24) is 3.71 Å². The minimum Gasteiger partial charge on any atom is -1.00 e. The molecule has 122 valence electrons. The molecule has 0 atom stereocenters. The number of rotatable bonds is 7. The van der Waals surface area contributed by atoms with Crippen LogP contribution in [-0.4, -0.2) is 84.3 Å². The van der Waals surface area contributed by atoms with Crippen molar-refractivity contribution in [3.63, 3.8) is 0 Å².